The second-order valence-corrected chi connectivity index (χ2v) is 8.58. The summed E-state index contributed by atoms with van der Waals surface area (Å²) in [6.07, 6.45) is 6.32. The van der Waals surface area contributed by atoms with Crippen LogP contribution in [-0.2, 0) is 9.59 Å². The van der Waals surface area contributed by atoms with Crippen LogP contribution in [0.1, 0.15) is 33.1 Å². The van der Waals surface area contributed by atoms with Gasteiger partial charge >= 0.3 is 0 Å². The zero-order valence-electron chi connectivity index (χ0n) is 17.6. The molecule has 0 bridgehead atoms. The van der Waals surface area contributed by atoms with Crippen molar-refractivity contribution in [3.8, 4) is 0 Å². The number of likely N-dealkylation sites (N-methyl/N-ethyl adjacent to an activating group) is 1. The fourth-order valence-corrected chi connectivity index (χ4v) is 4.89. The number of piperidine rings is 2. The highest BCUT2D eigenvalue weighted by atomic mass is 16.2. The summed E-state index contributed by atoms with van der Waals surface area (Å²) < 4.78 is 0. The van der Waals surface area contributed by atoms with Crippen LogP contribution in [0.3, 0.4) is 0 Å². The normalized spacial score (nSPS) is 23.4. The van der Waals surface area contributed by atoms with Gasteiger partial charge in [0.25, 0.3) is 0 Å². The van der Waals surface area contributed by atoms with Gasteiger partial charge in [0.05, 0.1) is 0 Å². The van der Waals surface area contributed by atoms with Gasteiger partial charge in [0.15, 0.2) is 0 Å². The number of rotatable bonds is 3. The summed E-state index contributed by atoms with van der Waals surface area (Å²) >= 11 is 0. The number of fused-ring (bicyclic) bond motifs is 1. The quantitative estimate of drug-likeness (QED) is 0.864. The van der Waals surface area contributed by atoms with Gasteiger partial charge in [0.1, 0.15) is 5.65 Å². The molecule has 156 valence electrons. The standard InChI is InChI=1S/C22H31N5O2/c1-15-6-11-27(22(29)17-7-12-26(13-8-17)16(2)28)14-20(15)25(3)19-5-10-24-21-18(19)4-9-23-21/h4-5,9-10,15,17,20H,6-8,11-14H2,1-3H3,(H,23,24). The summed E-state index contributed by atoms with van der Waals surface area (Å²) in [5.41, 5.74) is 2.04. The lowest BCUT2D eigenvalue weighted by Crippen LogP contribution is -2.54. The molecular weight excluding hydrogens is 366 g/mol. The number of hydrogen-bond donors (Lipinski definition) is 1. The first-order valence-corrected chi connectivity index (χ1v) is 10.6. The average Bonchev–Trinajstić information content (AvgIpc) is 3.22. The highest BCUT2D eigenvalue weighted by Gasteiger charge is 2.36. The average molecular weight is 398 g/mol. The van der Waals surface area contributed by atoms with Gasteiger partial charge in [-0.3, -0.25) is 9.59 Å². The topological polar surface area (TPSA) is 72.5 Å². The van der Waals surface area contributed by atoms with Crippen molar-refractivity contribution in [3.05, 3.63) is 24.5 Å². The Labute approximate surface area is 172 Å². The molecule has 2 unspecified atom stereocenters. The van der Waals surface area contributed by atoms with Gasteiger partial charge in [-0.15, -0.1) is 0 Å². The molecule has 0 spiro atoms. The second-order valence-electron chi connectivity index (χ2n) is 8.58. The third kappa shape index (κ3) is 3.82. The van der Waals surface area contributed by atoms with E-state index in [-0.39, 0.29) is 23.8 Å². The number of pyridine rings is 1. The molecule has 2 aliphatic heterocycles. The molecule has 2 aromatic rings. The summed E-state index contributed by atoms with van der Waals surface area (Å²) in [6, 6.07) is 4.39. The van der Waals surface area contributed by atoms with E-state index in [2.05, 4.69) is 45.9 Å². The van der Waals surface area contributed by atoms with E-state index in [0.717, 1.165) is 49.1 Å². The lowest BCUT2D eigenvalue weighted by atomic mass is 9.89. The number of hydrogen-bond acceptors (Lipinski definition) is 4. The van der Waals surface area contributed by atoms with Gasteiger partial charge < -0.3 is 19.7 Å². The monoisotopic (exact) mass is 397 g/mol. The van der Waals surface area contributed by atoms with Crippen molar-refractivity contribution in [2.24, 2.45) is 11.8 Å². The number of aromatic nitrogens is 2. The van der Waals surface area contributed by atoms with E-state index >= 15 is 0 Å². The molecular formula is C22H31N5O2. The third-order valence-electron chi connectivity index (χ3n) is 6.83. The Hall–Kier alpha value is -2.57. The summed E-state index contributed by atoms with van der Waals surface area (Å²) in [5.74, 6) is 0.922. The number of nitrogens with zero attached hydrogens (tertiary/aromatic N) is 4. The molecule has 1 N–H and O–H groups in total. The van der Waals surface area contributed by atoms with Crippen LogP contribution in [0.2, 0.25) is 0 Å². The minimum atomic E-state index is 0.0438. The van der Waals surface area contributed by atoms with Crippen molar-refractivity contribution >= 4 is 28.5 Å². The number of carbonyl (C=O) groups is 2. The Morgan fingerprint density at radius 1 is 1.14 bits per heavy atom. The van der Waals surface area contributed by atoms with Crippen LogP contribution in [0.5, 0.6) is 0 Å². The number of carbonyl (C=O) groups excluding carboxylic acids is 2. The summed E-state index contributed by atoms with van der Waals surface area (Å²) in [5, 5.41) is 1.11. The van der Waals surface area contributed by atoms with E-state index in [9.17, 15) is 9.59 Å². The molecule has 2 atom stereocenters. The molecule has 7 nitrogen and oxygen atoms in total. The zero-order valence-corrected chi connectivity index (χ0v) is 17.6. The molecule has 2 aliphatic rings. The second kappa shape index (κ2) is 8.05. The van der Waals surface area contributed by atoms with Crippen LogP contribution in [0, 0.1) is 11.8 Å². The molecule has 0 aliphatic carbocycles. The van der Waals surface area contributed by atoms with Gasteiger partial charge in [-0.2, -0.15) is 0 Å². The SMILES string of the molecule is CC(=O)N1CCC(C(=O)N2CCC(C)C(N(C)c3ccnc4[nH]ccc34)C2)CC1. The number of anilines is 1. The Bertz CT molecular complexity index is 886. The lowest BCUT2D eigenvalue weighted by Gasteiger charge is -2.44. The van der Waals surface area contributed by atoms with Crippen molar-refractivity contribution in [3.63, 3.8) is 0 Å². The van der Waals surface area contributed by atoms with Crippen LogP contribution in [-0.4, -0.2) is 70.9 Å². The molecule has 29 heavy (non-hydrogen) atoms. The third-order valence-corrected chi connectivity index (χ3v) is 6.83. The van der Waals surface area contributed by atoms with E-state index in [1.165, 1.54) is 0 Å². The number of H-pyrrole nitrogens is 1. The first-order chi connectivity index (χ1) is 14.0. The van der Waals surface area contributed by atoms with E-state index in [0.29, 0.717) is 19.0 Å². The smallest absolute Gasteiger partial charge is 0.225 e. The molecule has 4 heterocycles. The van der Waals surface area contributed by atoms with Crippen LogP contribution >= 0.6 is 0 Å². The molecule has 0 aromatic carbocycles. The van der Waals surface area contributed by atoms with Crippen LogP contribution < -0.4 is 4.90 Å². The maximum absolute atomic E-state index is 13.2. The highest BCUT2D eigenvalue weighted by Crippen LogP contribution is 2.31. The first kappa shape index (κ1) is 19.7. The minimum absolute atomic E-state index is 0.0438. The summed E-state index contributed by atoms with van der Waals surface area (Å²) in [4.78, 5) is 38.6. The van der Waals surface area contributed by atoms with Gasteiger partial charge in [0.2, 0.25) is 11.8 Å². The fourth-order valence-electron chi connectivity index (χ4n) is 4.89. The van der Waals surface area contributed by atoms with E-state index < -0.39 is 0 Å². The predicted molar refractivity (Wildman–Crippen MR) is 114 cm³/mol. The molecule has 2 fully saturated rings. The van der Waals surface area contributed by atoms with E-state index in [1.807, 2.05) is 17.3 Å². The maximum atomic E-state index is 13.2. The van der Waals surface area contributed by atoms with Gasteiger partial charge in [0, 0.05) is 75.6 Å². The van der Waals surface area contributed by atoms with Crippen molar-refractivity contribution in [2.75, 3.05) is 38.1 Å². The van der Waals surface area contributed by atoms with Crippen molar-refractivity contribution < 1.29 is 9.59 Å². The lowest BCUT2D eigenvalue weighted by molar-refractivity contribution is -0.141. The summed E-state index contributed by atoms with van der Waals surface area (Å²) in [6.45, 7) is 6.85. The molecule has 2 saturated heterocycles. The molecule has 2 amide bonds. The van der Waals surface area contributed by atoms with Crippen LogP contribution in [0.4, 0.5) is 5.69 Å². The number of amides is 2. The Morgan fingerprint density at radius 3 is 2.59 bits per heavy atom. The van der Waals surface area contributed by atoms with Crippen molar-refractivity contribution in [1.29, 1.82) is 0 Å². The highest BCUT2D eigenvalue weighted by molar-refractivity contribution is 5.89. The predicted octanol–water partition coefficient (Wildman–Crippen LogP) is 2.49. The van der Waals surface area contributed by atoms with Crippen LogP contribution in [0.25, 0.3) is 11.0 Å². The molecule has 0 saturated carbocycles. The Morgan fingerprint density at radius 2 is 1.86 bits per heavy atom. The minimum Gasteiger partial charge on any atom is -0.369 e. The van der Waals surface area contributed by atoms with E-state index in [4.69, 9.17) is 0 Å². The van der Waals surface area contributed by atoms with Crippen molar-refractivity contribution in [2.45, 2.75) is 39.2 Å². The number of likely N-dealkylation sites (tertiary alicyclic amines) is 2. The van der Waals surface area contributed by atoms with E-state index in [1.54, 1.807) is 6.92 Å². The molecule has 4 rings (SSSR count). The van der Waals surface area contributed by atoms with Gasteiger partial charge in [-0.1, -0.05) is 6.92 Å². The Balaban J connectivity index is 1.46. The molecule has 2 aromatic heterocycles. The van der Waals surface area contributed by atoms with Gasteiger partial charge in [-0.25, -0.2) is 4.98 Å². The van der Waals surface area contributed by atoms with Gasteiger partial charge in [-0.05, 0) is 37.3 Å². The first-order valence-electron chi connectivity index (χ1n) is 10.6. The fraction of sp³-hybridized carbons (Fsp3) is 0.591. The largest absolute Gasteiger partial charge is 0.369 e. The summed E-state index contributed by atoms with van der Waals surface area (Å²) in [7, 11) is 2.13. The Kier molecular flexibility index (Phi) is 5.48. The molecule has 7 heteroatoms. The number of aromatic amines is 1. The maximum Gasteiger partial charge on any atom is 0.225 e. The van der Waals surface area contributed by atoms with Crippen molar-refractivity contribution in [1.82, 2.24) is 19.8 Å². The number of nitrogens with one attached hydrogen (secondary N) is 1. The zero-order chi connectivity index (χ0) is 20.5. The molecule has 0 radical (unpaired) electrons. The van der Waals surface area contributed by atoms with Crippen LogP contribution in [0.15, 0.2) is 24.5 Å².